The fraction of sp³-hybridized carbons (Fsp3) is 0.389. The van der Waals surface area contributed by atoms with Gasteiger partial charge < -0.3 is 10.1 Å². The van der Waals surface area contributed by atoms with Crippen molar-refractivity contribution in [1.82, 2.24) is 10.3 Å². The normalized spacial score (nSPS) is 10.5. The van der Waals surface area contributed by atoms with Gasteiger partial charge in [-0.1, -0.05) is 38.0 Å². The van der Waals surface area contributed by atoms with E-state index in [2.05, 4.69) is 29.4 Å². The molecular formula is C18H24N2O. The molecule has 3 nitrogen and oxygen atoms in total. The van der Waals surface area contributed by atoms with Crippen LogP contribution in [0.3, 0.4) is 0 Å². The Morgan fingerprint density at radius 2 is 1.90 bits per heavy atom. The van der Waals surface area contributed by atoms with E-state index in [4.69, 9.17) is 4.74 Å². The molecule has 0 saturated carbocycles. The first-order valence-corrected chi connectivity index (χ1v) is 7.71. The van der Waals surface area contributed by atoms with Crippen LogP contribution in [0.25, 0.3) is 0 Å². The Labute approximate surface area is 127 Å². The number of aromatic nitrogens is 1. The maximum atomic E-state index is 5.72. The topological polar surface area (TPSA) is 34.1 Å². The van der Waals surface area contributed by atoms with Crippen molar-refractivity contribution in [1.29, 1.82) is 0 Å². The quantitative estimate of drug-likeness (QED) is 0.708. The minimum absolute atomic E-state index is 0.509. The van der Waals surface area contributed by atoms with E-state index in [1.54, 1.807) is 6.20 Å². The lowest BCUT2D eigenvalue weighted by molar-refractivity contribution is 0.301. The van der Waals surface area contributed by atoms with Gasteiger partial charge in [0.15, 0.2) is 0 Å². The van der Waals surface area contributed by atoms with E-state index in [1.807, 2.05) is 30.3 Å². The summed E-state index contributed by atoms with van der Waals surface area (Å²) < 4.78 is 5.72. The first-order chi connectivity index (χ1) is 10.4. The molecule has 0 radical (unpaired) electrons. The summed E-state index contributed by atoms with van der Waals surface area (Å²) in [5.41, 5.74) is 2.23. The van der Waals surface area contributed by atoms with Crippen molar-refractivity contribution in [2.75, 3.05) is 6.54 Å². The first-order valence-electron chi connectivity index (χ1n) is 7.71. The van der Waals surface area contributed by atoms with Crippen molar-refractivity contribution in [3.05, 3.63) is 59.9 Å². The minimum Gasteiger partial charge on any atom is -0.487 e. The highest BCUT2D eigenvalue weighted by atomic mass is 16.5. The Morgan fingerprint density at radius 1 is 1.05 bits per heavy atom. The SMILES string of the molecule is CCCCCNCc1ccc(OCc2ccccn2)cc1. The molecule has 2 rings (SSSR count). The molecule has 0 bridgehead atoms. The lowest BCUT2D eigenvalue weighted by Gasteiger charge is -2.08. The number of unbranched alkanes of at least 4 members (excludes halogenated alkanes) is 2. The van der Waals surface area contributed by atoms with Crippen molar-refractivity contribution < 1.29 is 4.74 Å². The third-order valence-electron chi connectivity index (χ3n) is 3.32. The molecule has 0 atom stereocenters. The van der Waals surface area contributed by atoms with Crippen LogP contribution in [-0.2, 0) is 13.2 Å². The first kappa shape index (κ1) is 15.5. The van der Waals surface area contributed by atoms with Gasteiger partial charge in [0, 0.05) is 12.7 Å². The van der Waals surface area contributed by atoms with Crippen LogP contribution >= 0.6 is 0 Å². The molecular weight excluding hydrogens is 260 g/mol. The van der Waals surface area contributed by atoms with Crippen LogP contribution in [0.5, 0.6) is 5.75 Å². The Balaban J connectivity index is 1.71. The van der Waals surface area contributed by atoms with Crippen LogP contribution in [0, 0.1) is 0 Å². The molecule has 0 spiro atoms. The van der Waals surface area contributed by atoms with E-state index in [0.29, 0.717) is 6.61 Å². The summed E-state index contributed by atoms with van der Waals surface area (Å²) in [5, 5.41) is 3.46. The zero-order valence-corrected chi connectivity index (χ0v) is 12.7. The van der Waals surface area contributed by atoms with Crippen LogP contribution in [0.4, 0.5) is 0 Å². The maximum Gasteiger partial charge on any atom is 0.130 e. The van der Waals surface area contributed by atoms with Crippen LogP contribution in [0.1, 0.15) is 37.4 Å². The predicted octanol–water partition coefficient (Wildman–Crippen LogP) is 3.94. The molecule has 3 heteroatoms. The molecule has 2 aromatic rings. The highest BCUT2D eigenvalue weighted by Gasteiger charge is 1.98. The predicted molar refractivity (Wildman–Crippen MR) is 86.2 cm³/mol. The van der Waals surface area contributed by atoms with Crippen LogP contribution < -0.4 is 10.1 Å². The van der Waals surface area contributed by atoms with Gasteiger partial charge >= 0.3 is 0 Å². The lowest BCUT2D eigenvalue weighted by Crippen LogP contribution is -2.14. The van der Waals surface area contributed by atoms with Gasteiger partial charge in [0.25, 0.3) is 0 Å². The molecule has 1 N–H and O–H groups in total. The molecule has 1 heterocycles. The number of benzene rings is 1. The van der Waals surface area contributed by atoms with Gasteiger partial charge in [-0.25, -0.2) is 0 Å². The van der Waals surface area contributed by atoms with E-state index >= 15 is 0 Å². The molecule has 1 aromatic carbocycles. The van der Waals surface area contributed by atoms with Crippen molar-refractivity contribution >= 4 is 0 Å². The summed E-state index contributed by atoms with van der Waals surface area (Å²) in [4.78, 5) is 4.24. The summed E-state index contributed by atoms with van der Waals surface area (Å²) >= 11 is 0. The summed E-state index contributed by atoms with van der Waals surface area (Å²) in [7, 11) is 0. The highest BCUT2D eigenvalue weighted by molar-refractivity contribution is 5.27. The minimum atomic E-state index is 0.509. The average molecular weight is 284 g/mol. The van der Waals surface area contributed by atoms with Crippen molar-refractivity contribution in [3.8, 4) is 5.75 Å². The summed E-state index contributed by atoms with van der Waals surface area (Å²) in [5.74, 6) is 0.885. The van der Waals surface area contributed by atoms with E-state index < -0.39 is 0 Å². The number of rotatable bonds is 9. The van der Waals surface area contributed by atoms with Crippen LogP contribution in [-0.4, -0.2) is 11.5 Å². The van der Waals surface area contributed by atoms with E-state index in [1.165, 1.54) is 24.8 Å². The summed E-state index contributed by atoms with van der Waals surface area (Å²) in [6.45, 7) is 4.75. The Kier molecular flexibility index (Phi) is 6.75. The Bertz CT molecular complexity index is 496. The van der Waals surface area contributed by atoms with Gasteiger partial charge in [-0.15, -0.1) is 0 Å². The number of ether oxygens (including phenoxy) is 1. The highest BCUT2D eigenvalue weighted by Crippen LogP contribution is 2.13. The smallest absolute Gasteiger partial charge is 0.130 e. The molecule has 0 aliphatic rings. The number of nitrogens with one attached hydrogen (secondary N) is 1. The molecule has 112 valence electrons. The Hall–Kier alpha value is -1.87. The monoisotopic (exact) mass is 284 g/mol. The molecule has 1 aromatic heterocycles. The Morgan fingerprint density at radius 3 is 2.62 bits per heavy atom. The molecule has 21 heavy (non-hydrogen) atoms. The van der Waals surface area contributed by atoms with E-state index in [-0.39, 0.29) is 0 Å². The van der Waals surface area contributed by atoms with Gasteiger partial charge in [0.2, 0.25) is 0 Å². The molecule has 0 aliphatic heterocycles. The molecule has 0 fully saturated rings. The number of hydrogen-bond acceptors (Lipinski definition) is 3. The van der Waals surface area contributed by atoms with Gasteiger partial charge in [-0.05, 0) is 42.8 Å². The molecule has 0 amide bonds. The molecule has 0 unspecified atom stereocenters. The lowest BCUT2D eigenvalue weighted by atomic mass is 10.2. The fourth-order valence-corrected chi connectivity index (χ4v) is 2.08. The van der Waals surface area contributed by atoms with E-state index in [9.17, 15) is 0 Å². The second kappa shape index (κ2) is 9.14. The van der Waals surface area contributed by atoms with Gasteiger partial charge in [0.1, 0.15) is 12.4 Å². The number of hydrogen-bond donors (Lipinski definition) is 1. The summed E-state index contributed by atoms with van der Waals surface area (Å²) in [6, 6.07) is 14.1. The van der Waals surface area contributed by atoms with Gasteiger partial charge in [-0.3, -0.25) is 4.98 Å². The van der Waals surface area contributed by atoms with Crippen molar-refractivity contribution in [2.45, 2.75) is 39.3 Å². The molecule has 0 saturated heterocycles. The zero-order chi connectivity index (χ0) is 14.8. The maximum absolute atomic E-state index is 5.72. The van der Waals surface area contributed by atoms with Crippen molar-refractivity contribution in [3.63, 3.8) is 0 Å². The van der Waals surface area contributed by atoms with Crippen LogP contribution in [0.2, 0.25) is 0 Å². The number of pyridine rings is 1. The third kappa shape index (κ3) is 5.96. The van der Waals surface area contributed by atoms with Crippen molar-refractivity contribution in [2.24, 2.45) is 0 Å². The molecule has 0 aliphatic carbocycles. The second-order valence-electron chi connectivity index (χ2n) is 5.14. The number of nitrogens with zero attached hydrogens (tertiary/aromatic N) is 1. The van der Waals surface area contributed by atoms with Gasteiger partial charge in [0.05, 0.1) is 5.69 Å². The van der Waals surface area contributed by atoms with Crippen LogP contribution in [0.15, 0.2) is 48.7 Å². The standard InChI is InChI=1S/C18H24N2O/c1-2-3-5-12-19-14-16-8-10-18(11-9-16)21-15-17-7-4-6-13-20-17/h4,6-11,13,19H,2-3,5,12,14-15H2,1H3. The third-order valence-corrected chi connectivity index (χ3v) is 3.32. The van der Waals surface area contributed by atoms with E-state index in [0.717, 1.165) is 24.5 Å². The summed E-state index contributed by atoms with van der Waals surface area (Å²) in [6.07, 6.45) is 5.60. The average Bonchev–Trinajstić information content (AvgIpc) is 2.55. The largest absolute Gasteiger partial charge is 0.487 e. The van der Waals surface area contributed by atoms with Gasteiger partial charge in [-0.2, -0.15) is 0 Å². The fourth-order valence-electron chi connectivity index (χ4n) is 2.08. The second-order valence-corrected chi connectivity index (χ2v) is 5.14. The zero-order valence-electron chi connectivity index (χ0n) is 12.7.